The van der Waals surface area contributed by atoms with Crippen molar-refractivity contribution in [3.05, 3.63) is 46.8 Å². The second kappa shape index (κ2) is 6.07. The van der Waals surface area contributed by atoms with Gasteiger partial charge in [0.2, 0.25) is 5.95 Å². The first-order valence-electron chi connectivity index (χ1n) is 6.88. The van der Waals surface area contributed by atoms with Crippen molar-refractivity contribution >= 4 is 11.8 Å². The number of rotatable bonds is 3. The predicted octanol–water partition coefficient (Wildman–Crippen LogP) is 2.60. The molecule has 4 nitrogen and oxygen atoms in total. The van der Waals surface area contributed by atoms with E-state index >= 15 is 0 Å². The average Bonchev–Trinajstić information content (AvgIpc) is 2.50. The number of nitrogens with zero attached hydrogens (tertiary/aromatic N) is 4. The van der Waals surface area contributed by atoms with Gasteiger partial charge in [-0.2, -0.15) is 4.39 Å². The molecule has 21 heavy (non-hydrogen) atoms. The summed E-state index contributed by atoms with van der Waals surface area (Å²) in [5.74, 6) is -0.388. The van der Waals surface area contributed by atoms with E-state index < -0.39 is 0 Å². The lowest BCUT2D eigenvalue weighted by Gasteiger charge is -2.28. The Bertz CT molecular complexity index is 662. The van der Waals surface area contributed by atoms with E-state index in [1.54, 1.807) is 24.9 Å². The highest BCUT2D eigenvalue weighted by Gasteiger charge is 2.18. The molecule has 1 aliphatic heterocycles. The monoisotopic (exact) mass is 304 g/mol. The number of halogens is 1. The molecule has 0 spiro atoms. The molecule has 3 rings (SSSR count). The number of thioether (sulfide) groups is 1. The van der Waals surface area contributed by atoms with Crippen molar-refractivity contribution < 1.29 is 4.39 Å². The van der Waals surface area contributed by atoms with Crippen LogP contribution in [0.25, 0.3) is 0 Å². The van der Waals surface area contributed by atoms with Gasteiger partial charge in [-0.05, 0) is 24.8 Å². The van der Waals surface area contributed by atoms with Crippen molar-refractivity contribution in [1.82, 2.24) is 19.9 Å². The molecular formula is C15H17FN4S. The standard InChI is InChI=1S/C15H17FN4S/c1-10-5-11(6-17-14(10)16)8-20-4-3-13-12(9-20)7-18-15(19-13)21-2/h5-7H,3-4,8-9H2,1-2H3. The predicted molar refractivity (Wildman–Crippen MR) is 80.6 cm³/mol. The van der Waals surface area contributed by atoms with E-state index in [0.717, 1.165) is 42.5 Å². The van der Waals surface area contributed by atoms with Gasteiger partial charge in [0.1, 0.15) is 0 Å². The van der Waals surface area contributed by atoms with Crippen LogP contribution in [0, 0.1) is 12.9 Å². The summed E-state index contributed by atoms with van der Waals surface area (Å²) in [4.78, 5) is 15.0. The highest BCUT2D eigenvalue weighted by atomic mass is 32.2. The first kappa shape index (κ1) is 14.4. The lowest BCUT2D eigenvalue weighted by atomic mass is 10.1. The lowest BCUT2D eigenvalue weighted by Crippen LogP contribution is -2.31. The lowest BCUT2D eigenvalue weighted by molar-refractivity contribution is 0.241. The van der Waals surface area contributed by atoms with Gasteiger partial charge in [0.15, 0.2) is 5.16 Å². The molecule has 6 heteroatoms. The molecule has 2 aromatic rings. The summed E-state index contributed by atoms with van der Waals surface area (Å²) in [5, 5.41) is 0.834. The Morgan fingerprint density at radius 3 is 2.95 bits per heavy atom. The summed E-state index contributed by atoms with van der Waals surface area (Å²) in [6, 6.07) is 1.87. The van der Waals surface area contributed by atoms with Crippen molar-refractivity contribution in [2.24, 2.45) is 0 Å². The molecule has 0 fully saturated rings. The molecule has 0 bridgehead atoms. The Labute approximate surface area is 127 Å². The Balaban J connectivity index is 1.72. The molecular weight excluding hydrogens is 287 g/mol. The third-order valence-electron chi connectivity index (χ3n) is 3.65. The molecule has 0 N–H and O–H groups in total. The third-order valence-corrected chi connectivity index (χ3v) is 4.21. The summed E-state index contributed by atoms with van der Waals surface area (Å²) in [6.07, 6.45) is 6.46. The van der Waals surface area contributed by atoms with Gasteiger partial charge in [0.05, 0.1) is 5.69 Å². The van der Waals surface area contributed by atoms with Crippen molar-refractivity contribution in [1.29, 1.82) is 0 Å². The van der Waals surface area contributed by atoms with Crippen LogP contribution in [0.1, 0.15) is 22.4 Å². The fraction of sp³-hybridized carbons (Fsp3) is 0.400. The molecule has 0 atom stereocenters. The molecule has 110 valence electrons. The Morgan fingerprint density at radius 2 is 2.19 bits per heavy atom. The largest absolute Gasteiger partial charge is 0.294 e. The van der Waals surface area contributed by atoms with Crippen LogP contribution in [-0.2, 0) is 19.5 Å². The zero-order valence-electron chi connectivity index (χ0n) is 12.1. The first-order chi connectivity index (χ1) is 10.2. The maximum atomic E-state index is 13.2. The van der Waals surface area contributed by atoms with Crippen LogP contribution >= 0.6 is 11.8 Å². The van der Waals surface area contributed by atoms with Gasteiger partial charge < -0.3 is 0 Å². The Kier molecular flexibility index (Phi) is 4.17. The van der Waals surface area contributed by atoms with Crippen LogP contribution in [0.4, 0.5) is 4.39 Å². The van der Waals surface area contributed by atoms with Crippen LogP contribution in [-0.4, -0.2) is 32.7 Å². The molecule has 0 aromatic carbocycles. The van der Waals surface area contributed by atoms with Crippen molar-refractivity contribution in [3.8, 4) is 0 Å². The second-order valence-electron chi connectivity index (χ2n) is 5.24. The minimum Gasteiger partial charge on any atom is -0.294 e. The maximum absolute atomic E-state index is 13.2. The van der Waals surface area contributed by atoms with Crippen molar-refractivity contribution in [2.45, 2.75) is 31.6 Å². The summed E-state index contributed by atoms with van der Waals surface area (Å²) < 4.78 is 13.2. The number of aromatic nitrogens is 3. The Hall–Kier alpha value is -1.53. The summed E-state index contributed by atoms with van der Waals surface area (Å²) in [5.41, 5.74) is 3.97. The quantitative estimate of drug-likeness (QED) is 0.495. The first-order valence-corrected chi connectivity index (χ1v) is 8.10. The van der Waals surface area contributed by atoms with Crippen LogP contribution in [0.15, 0.2) is 23.6 Å². The summed E-state index contributed by atoms with van der Waals surface area (Å²) >= 11 is 1.57. The van der Waals surface area contributed by atoms with E-state index in [-0.39, 0.29) is 5.95 Å². The minimum atomic E-state index is -0.388. The number of fused-ring (bicyclic) bond motifs is 1. The van der Waals surface area contributed by atoms with Gasteiger partial charge in [-0.25, -0.2) is 15.0 Å². The number of aryl methyl sites for hydroxylation is 1. The molecule has 1 aliphatic rings. The summed E-state index contributed by atoms with van der Waals surface area (Å²) in [6.45, 7) is 4.31. The van der Waals surface area contributed by atoms with Crippen molar-refractivity contribution in [2.75, 3.05) is 12.8 Å². The molecule has 0 aliphatic carbocycles. The van der Waals surface area contributed by atoms with Crippen LogP contribution in [0.2, 0.25) is 0 Å². The molecule has 0 saturated heterocycles. The number of pyridine rings is 1. The zero-order chi connectivity index (χ0) is 14.8. The highest BCUT2D eigenvalue weighted by Crippen LogP contribution is 2.20. The minimum absolute atomic E-state index is 0.388. The summed E-state index contributed by atoms with van der Waals surface area (Å²) in [7, 11) is 0. The molecule has 0 amide bonds. The maximum Gasteiger partial charge on any atom is 0.215 e. The van der Waals surface area contributed by atoms with Gasteiger partial charge >= 0.3 is 0 Å². The molecule has 3 heterocycles. The van der Waals surface area contributed by atoms with Gasteiger partial charge in [-0.3, -0.25) is 4.90 Å². The highest BCUT2D eigenvalue weighted by molar-refractivity contribution is 7.98. The van der Waals surface area contributed by atoms with Crippen LogP contribution < -0.4 is 0 Å². The molecule has 0 saturated carbocycles. The zero-order valence-corrected chi connectivity index (χ0v) is 13.0. The number of hydrogen-bond donors (Lipinski definition) is 0. The van der Waals surface area contributed by atoms with E-state index in [1.807, 2.05) is 18.5 Å². The van der Waals surface area contributed by atoms with E-state index in [9.17, 15) is 4.39 Å². The van der Waals surface area contributed by atoms with Gasteiger partial charge in [0, 0.05) is 49.6 Å². The third kappa shape index (κ3) is 3.22. The fourth-order valence-corrected chi connectivity index (χ4v) is 2.91. The van der Waals surface area contributed by atoms with E-state index in [4.69, 9.17) is 0 Å². The smallest absolute Gasteiger partial charge is 0.215 e. The van der Waals surface area contributed by atoms with Gasteiger partial charge in [-0.1, -0.05) is 11.8 Å². The SMILES string of the molecule is CSc1ncc2c(n1)CCN(Cc1cnc(F)c(C)c1)C2. The van der Waals surface area contributed by atoms with E-state index in [2.05, 4.69) is 19.9 Å². The average molecular weight is 304 g/mol. The van der Waals surface area contributed by atoms with Crippen LogP contribution in [0.3, 0.4) is 0 Å². The van der Waals surface area contributed by atoms with Crippen molar-refractivity contribution in [3.63, 3.8) is 0 Å². The molecule has 0 radical (unpaired) electrons. The van der Waals surface area contributed by atoms with E-state index in [1.165, 1.54) is 5.56 Å². The fourth-order valence-electron chi connectivity index (χ4n) is 2.55. The second-order valence-corrected chi connectivity index (χ2v) is 6.01. The molecule has 0 unspecified atom stereocenters. The Morgan fingerprint density at radius 1 is 1.33 bits per heavy atom. The normalized spacial score (nSPS) is 15.0. The van der Waals surface area contributed by atoms with Gasteiger partial charge in [0.25, 0.3) is 0 Å². The molecule has 2 aromatic heterocycles. The van der Waals surface area contributed by atoms with Crippen LogP contribution in [0.5, 0.6) is 0 Å². The number of hydrogen-bond acceptors (Lipinski definition) is 5. The van der Waals surface area contributed by atoms with Gasteiger partial charge in [-0.15, -0.1) is 0 Å². The van der Waals surface area contributed by atoms with E-state index in [0.29, 0.717) is 5.56 Å². The topological polar surface area (TPSA) is 41.9 Å².